The Morgan fingerprint density at radius 2 is 1.62 bits per heavy atom. The van der Waals surface area contributed by atoms with Crippen molar-refractivity contribution in [3.05, 3.63) is 93.7 Å². The third kappa shape index (κ3) is 7.71. The summed E-state index contributed by atoms with van der Waals surface area (Å²) in [5, 5.41) is 5.59. The van der Waals surface area contributed by atoms with Crippen LogP contribution < -0.4 is 24.3 Å². The van der Waals surface area contributed by atoms with E-state index in [1.165, 1.54) is 11.3 Å². The van der Waals surface area contributed by atoms with E-state index in [0.29, 0.717) is 36.8 Å². The number of pyridine rings is 1. The van der Waals surface area contributed by atoms with Gasteiger partial charge in [-0.05, 0) is 47.9 Å². The van der Waals surface area contributed by atoms with Crippen molar-refractivity contribution in [3.8, 4) is 23.0 Å². The molecule has 0 atom stereocenters. The molecule has 9 nitrogen and oxygen atoms in total. The normalized spacial score (nSPS) is 10.8. The van der Waals surface area contributed by atoms with Gasteiger partial charge in [0.2, 0.25) is 0 Å². The number of ether oxygens (including phenoxy) is 4. The summed E-state index contributed by atoms with van der Waals surface area (Å²) in [5.74, 6) is 2.69. The lowest BCUT2D eigenvalue weighted by molar-refractivity contribution is 0.0946. The zero-order valence-corrected chi connectivity index (χ0v) is 24.0. The summed E-state index contributed by atoms with van der Waals surface area (Å²) < 4.78 is 21.9. The number of carbonyl (C=O) groups excluding carboxylic acids is 1. The summed E-state index contributed by atoms with van der Waals surface area (Å²) in [4.78, 5) is 23.7. The first-order chi connectivity index (χ1) is 19.5. The summed E-state index contributed by atoms with van der Waals surface area (Å²) in [6.07, 6.45) is 4.19. The number of nitrogens with zero attached hydrogens (tertiary/aromatic N) is 3. The minimum atomic E-state index is -0.201. The van der Waals surface area contributed by atoms with Gasteiger partial charge in [-0.25, -0.2) is 4.98 Å². The Balaban J connectivity index is 1.48. The van der Waals surface area contributed by atoms with Crippen molar-refractivity contribution in [1.82, 2.24) is 20.2 Å². The summed E-state index contributed by atoms with van der Waals surface area (Å²) >= 11 is 1.48. The first-order valence-corrected chi connectivity index (χ1v) is 13.7. The predicted octanol–water partition coefficient (Wildman–Crippen LogP) is 4.75. The second-order valence-corrected chi connectivity index (χ2v) is 9.94. The molecule has 0 fully saturated rings. The van der Waals surface area contributed by atoms with Crippen molar-refractivity contribution in [2.75, 3.05) is 35.0 Å². The van der Waals surface area contributed by atoms with E-state index in [1.807, 2.05) is 48.5 Å². The highest BCUT2D eigenvalue weighted by Crippen LogP contribution is 2.29. The fraction of sp³-hybridized carbons (Fsp3) is 0.300. The second kappa shape index (κ2) is 14.3. The molecule has 0 saturated heterocycles. The number of hydrogen-bond acceptors (Lipinski definition) is 9. The highest BCUT2D eigenvalue weighted by atomic mass is 32.1. The molecule has 0 aliphatic heterocycles. The third-order valence-electron chi connectivity index (χ3n) is 6.40. The van der Waals surface area contributed by atoms with Crippen LogP contribution in [0.5, 0.6) is 23.0 Å². The van der Waals surface area contributed by atoms with Gasteiger partial charge in [0.1, 0.15) is 22.2 Å². The Bertz CT molecular complexity index is 1400. The van der Waals surface area contributed by atoms with Gasteiger partial charge in [-0.3, -0.25) is 14.7 Å². The van der Waals surface area contributed by atoms with E-state index >= 15 is 0 Å². The molecule has 2 aromatic carbocycles. The van der Waals surface area contributed by atoms with E-state index < -0.39 is 0 Å². The summed E-state index contributed by atoms with van der Waals surface area (Å²) in [5.41, 5.74) is 3.55. The number of methoxy groups -OCH3 is 4. The number of aromatic nitrogens is 2. The average Bonchev–Trinajstić information content (AvgIpc) is 3.47. The minimum absolute atomic E-state index is 0.201. The van der Waals surface area contributed by atoms with Crippen LogP contribution in [0.1, 0.15) is 32.2 Å². The van der Waals surface area contributed by atoms with Crippen LogP contribution in [-0.2, 0) is 26.1 Å². The molecular formula is C30H34N4O5S. The van der Waals surface area contributed by atoms with Crippen LogP contribution >= 0.6 is 11.3 Å². The molecule has 40 heavy (non-hydrogen) atoms. The second-order valence-electron chi connectivity index (χ2n) is 8.99. The van der Waals surface area contributed by atoms with Gasteiger partial charge >= 0.3 is 0 Å². The first kappa shape index (κ1) is 28.8. The van der Waals surface area contributed by atoms with Gasteiger partial charge in [0, 0.05) is 49.0 Å². The van der Waals surface area contributed by atoms with E-state index in [-0.39, 0.29) is 5.91 Å². The van der Waals surface area contributed by atoms with Crippen LogP contribution in [0.25, 0.3) is 0 Å². The Kier molecular flexibility index (Phi) is 10.3. The lowest BCUT2D eigenvalue weighted by Crippen LogP contribution is -2.26. The van der Waals surface area contributed by atoms with E-state index in [2.05, 4.69) is 20.2 Å². The van der Waals surface area contributed by atoms with Gasteiger partial charge in [-0.2, -0.15) is 0 Å². The highest BCUT2D eigenvalue weighted by molar-refractivity contribution is 7.09. The molecule has 2 aromatic heterocycles. The first-order valence-electron chi connectivity index (χ1n) is 12.8. The summed E-state index contributed by atoms with van der Waals surface area (Å²) in [6, 6.07) is 15.5. The van der Waals surface area contributed by atoms with Crippen molar-refractivity contribution < 1.29 is 23.7 Å². The van der Waals surface area contributed by atoms with Gasteiger partial charge in [0.05, 0.1) is 35.0 Å². The molecule has 0 aliphatic carbocycles. The number of thiazole rings is 1. The minimum Gasteiger partial charge on any atom is -0.497 e. The highest BCUT2D eigenvalue weighted by Gasteiger charge is 2.17. The number of amides is 1. The number of benzene rings is 2. The monoisotopic (exact) mass is 562 g/mol. The van der Waals surface area contributed by atoms with Crippen molar-refractivity contribution in [3.63, 3.8) is 0 Å². The topological polar surface area (TPSA) is 95.0 Å². The number of hydrogen-bond donors (Lipinski definition) is 1. The van der Waals surface area contributed by atoms with E-state index in [0.717, 1.165) is 46.2 Å². The fourth-order valence-corrected chi connectivity index (χ4v) is 5.03. The predicted molar refractivity (Wildman–Crippen MR) is 154 cm³/mol. The number of carbonyl (C=O) groups is 1. The van der Waals surface area contributed by atoms with Gasteiger partial charge < -0.3 is 24.3 Å². The zero-order chi connectivity index (χ0) is 28.3. The molecule has 0 aliphatic rings. The van der Waals surface area contributed by atoms with Crippen molar-refractivity contribution in [2.24, 2.45) is 0 Å². The Morgan fingerprint density at radius 3 is 2.35 bits per heavy atom. The third-order valence-corrected chi connectivity index (χ3v) is 7.23. The molecule has 1 N–H and O–H groups in total. The summed E-state index contributed by atoms with van der Waals surface area (Å²) in [7, 11) is 6.56. The van der Waals surface area contributed by atoms with Crippen molar-refractivity contribution in [2.45, 2.75) is 26.1 Å². The Labute approximate surface area is 238 Å². The van der Waals surface area contributed by atoms with E-state index in [9.17, 15) is 4.79 Å². The maximum absolute atomic E-state index is 12.7. The van der Waals surface area contributed by atoms with Gasteiger partial charge in [-0.15, -0.1) is 11.3 Å². The van der Waals surface area contributed by atoms with Gasteiger partial charge in [-0.1, -0.05) is 12.1 Å². The van der Waals surface area contributed by atoms with Crippen molar-refractivity contribution in [1.29, 1.82) is 0 Å². The fourth-order valence-electron chi connectivity index (χ4n) is 4.21. The number of nitrogens with one attached hydrogen (secondary N) is 1. The van der Waals surface area contributed by atoms with Gasteiger partial charge in [0.15, 0.2) is 11.5 Å². The van der Waals surface area contributed by atoms with Crippen LogP contribution in [0, 0.1) is 0 Å². The summed E-state index contributed by atoms with van der Waals surface area (Å²) in [6.45, 7) is 2.37. The molecule has 0 spiro atoms. The maximum Gasteiger partial charge on any atom is 0.271 e. The molecule has 4 aromatic rings. The quantitative estimate of drug-likeness (QED) is 0.235. The van der Waals surface area contributed by atoms with Crippen LogP contribution in [-0.4, -0.2) is 55.8 Å². The molecule has 4 rings (SSSR count). The molecule has 0 radical (unpaired) electrons. The molecule has 210 valence electrons. The molecule has 2 heterocycles. The molecular weight excluding hydrogens is 528 g/mol. The van der Waals surface area contributed by atoms with Crippen LogP contribution in [0.15, 0.2) is 66.3 Å². The zero-order valence-electron chi connectivity index (χ0n) is 23.2. The van der Waals surface area contributed by atoms with E-state index in [4.69, 9.17) is 18.9 Å². The largest absolute Gasteiger partial charge is 0.497 e. The molecule has 1 amide bonds. The number of rotatable bonds is 14. The maximum atomic E-state index is 12.7. The molecule has 0 bridgehead atoms. The Morgan fingerprint density at radius 1 is 0.850 bits per heavy atom. The Hall–Kier alpha value is -4.15. The molecule has 0 unspecified atom stereocenters. The SMILES string of the molecule is COc1ccc(CN(CCc2ccc(OC)c(OC)c2)Cc2nc(C(=O)NCc3ccncc3)cs2)c(OC)c1. The van der Waals surface area contributed by atoms with E-state index in [1.54, 1.807) is 46.2 Å². The molecule has 0 saturated carbocycles. The van der Waals surface area contributed by atoms with Crippen LogP contribution in [0.2, 0.25) is 0 Å². The smallest absolute Gasteiger partial charge is 0.271 e. The van der Waals surface area contributed by atoms with Crippen LogP contribution in [0.3, 0.4) is 0 Å². The molecule has 10 heteroatoms. The standard InChI is InChI=1S/C30H34N4O5S/c1-36-24-7-6-23(27(16-24)38-3)18-34(14-11-21-5-8-26(37-2)28(15-21)39-4)19-29-33-25(20-40-29)30(35)32-17-22-9-12-31-13-10-22/h5-10,12-13,15-16,20H,11,14,17-19H2,1-4H3,(H,32,35). The average molecular weight is 563 g/mol. The van der Waals surface area contributed by atoms with Gasteiger partial charge in [0.25, 0.3) is 5.91 Å². The van der Waals surface area contributed by atoms with Crippen molar-refractivity contribution >= 4 is 17.2 Å². The lowest BCUT2D eigenvalue weighted by atomic mass is 10.1. The lowest BCUT2D eigenvalue weighted by Gasteiger charge is -2.23. The van der Waals surface area contributed by atoms with Crippen LogP contribution in [0.4, 0.5) is 0 Å².